The second-order valence-corrected chi connectivity index (χ2v) is 6.01. The van der Waals surface area contributed by atoms with E-state index < -0.39 is 0 Å². The van der Waals surface area contributed by atoms with E-state index in [0.29, 0.717) is 18.7 Å². The number of hydrogen-bond donors (Lipinski definition) is 2. The van der Waals surface area contributed by atoms with Gasteiger partial charge in [0, 0.05) is 29.7 Å². The smallest absolute Gasteiger partial charge is 0.251 e. The largest absolute Gasteiger partial charge is 0.383 e. The zero-order valence-electron chi connectivity index (χ0n) is 14.1. The van der Waals surface area contributed by atoms with Gasteiger partial charge in [-0.2, -0.15) is 0 Å². The predicted molar refractivity (Wildman–Crippen MR) is 101 cm³/mol. The van der Waals surface area contributed by atoms with Crippen molar-refractivity contribution in [2.24, 2.45) is 0 Å². The Balaban J connectivity index is 1.56. The Kier molecular flexibility index (Phi) is 4.80. The number of fused-ring (bicyclic) bond motifs is 1. The summed E-state index contributed by atoms with van der Waals surface area (Å²) in [6.45, 7) is 5.33. The molecule has 0 aliphatic rings. The second kappa shape index (κ2) is 7.18. The van der Waals surface area contributed by atoms with E-state index in [4.69, 9.17) is 0 Å². The molecule has 0 unspecified atom stereocenters. The summed E-state index contributed by atoms with van der Waals surface area (Å²) in [6, 6.07) is 20.3. The van der Waals surface area contributed by atoms with Crippen molar-refractivity contribution < 1.29 is 4.79 Å². The molecular weight excluding hydrogens is 296 g/mol. The predicted octanol–water partition coefficient (Wildman–Crippen LogP) is 4.30. The number of carbonyl (C=O) groups is 1. The lowest BCUT2D eigenvalue weighted by atomic mass is 10.1. The van der Waals surface area contributed by atoms with Gasteiger partial charge in [0.15, 0.2) is 0 Å². The molecule has 0 spiro atoms. The molecule has 0 radical (unpaired) electrons. The Labute approximate surface area is 142 Å². The van der Waals surface area contributed by atoms with Gasteiger partial charge in [0.1, 0.15) is 0 Å². The lowest BCUT2D eigenvalue weighted by molar-refractivity contribution is 0.0955. The SMILES string of the molecule is Cc1ccc(C(=O)NCCNc2cccc3ccccc23)cc1C. The highest BCUT2D eigenvalue weighted by Crippen LogP contribution is 2.22. The fraction of sp³-hybridized carbons (Fsp3) is 0.190. The van der Waals surface area contributed by atoms with Gasteiger partial charge in [0.05, 0.1) is 0 Å². The molecule has 1 amide bonds. The number of hydrogen-bond acceptors (Lipinski definition) is 2. The van der Waals surface area contributed by atoms with E-state index in [0.717, 1.165) is 11.3 Å². The van der Waals surface area contributed by atoms with Crippen LogP contribution in [0, 0.1) is 13.8 Å². The second-order valence-electron chi connectivity index (χ2n) is 6.01. The molecule has 2 N–H and O–H groups in total. The molecule has 0 saturated carbocycles. The maximum Gasteiger partial charge on any atom is 0.251 e. The summed E-state index contributed by atoms with van der Waals surface area (Å²) < 4.78 is 0. The molecule has 0 atom stereocenters. The molecule has 3 aromatic carbocycles. The maximum atomic E-state index is 12.2. The number of amides is 1. The van der Waals surface area contributed by atoms with Crippen molar-refractivity contribution in [1.29, 1.82) is 0 Å². The van der Waals surface area contributed by atoms with Gasteiger partial charge in [0.25, 0.3) is 5.91 Å². The lowest BCUT2D eigenvalue weighted by Crippen LogP contribution is -2.28. The van der Waals surface area contributed by atoms with Crippen LogP contribution in [-0.2, 0) is 0 Å². The van der Waals surface area contributed by atoms with Crippen LogP contribution in [0.2, 0.25) is 0 Å². The normalized spacial score (nSPS) is 10.6. The Morgan fingerprint density at radius 3 is 2.50 bits per heavy atom. The van der Waals surface area contributed by atoms with Crippen molar-refractivity contribution in [3.8, 4) is 0 Å². The average molecular weight is 318 g/mol. The van der Waals surface area contributed by atoms with Crippen LogP contribution in [0.15, 0.2) is 60.7 Å². The molecule has 0 aromatic heterocycles. The quantitative estimate of drug-likeness (QED) is 0.689. The van der Waals surface area contributed by atoms with Gasteiger partial charge in [-0.05, 0) is 48.6 Å². The first kappa shape index (κ1) is 16.1. The summed E-state index contributed by atoms with van der Waals surface area (Å²) >= 11 is 0. The van der Waals surface area contributed by atoms with Crippen LogP contribution < -0.4 is 10.6 Å². The van der Waals surface area contributed by atoms with Crippen molar-refractivity contribution in [2.45, 2.75) is 13.8 Å². The van der Waals surface area contributed by atoms with Crippen LogP contribution in [0.4, 0.5) is 5.69 Å². The fourth-order valence-electron chi connectivity index (χ4n) is 2.74. The van der Waals surface area contributed by atoms with Gasteiger partial charge in [-0.1, -0.05) is 42.5 Å². The molecule has 0 aliphatic carbocycles. The highest BCUT2D eigenvalue weighted by molar-refractivity contribution is 5.95. The van der Waals surface area contributed by atoms with Gasteiger partial charge in [-0.15, -0.1) is 0 Å². The van der Waals surface area contributed by atoms with Crippen molar-refractivity contribution >= 4 is 22.4 Å². The molecular formula is C21H22N2O. The molecule has 0 bridgehead atoms. The average Bonchev–Trinajstić information content (AvgIpc) is 2.61. The van der Waals surface area contributed by atoms with E-state index in [-0.39, 0.29) is 5.91 Å². The number of aryl methyl sites for hydroxylation is 2. The van der Waals surface area contributed by atoms with Crippen LogP contribution in [-0.4, -0.2) is 19.0 Å². The van der Waals surface area contributed by atoms with Gasteiger partial charge in [0.2, 0.25) is 0 Å². The molecule has 0 heterocycles. The molecule has 3 nitrogen and oxygen atoms in total. The van der Waals surface area contributed by atoms with E-state index in [9.17, 15) is 4.79 Å². The number of anilines is 1. The first-order chi connectivity index (χ1) is 11.6. The number of rotatable bonds is 5. The number of nitrogens with one attached hydrogen (secondary N) is 2. The Morgan fingerprint density at radius 2 is 1.67 bits per heavy atom. The van der Waals surface area contributed by atoms with Crippen molar-refractivity contribution in [1.82, 2.24) is 5.32 Å². The zero-order chi connectivity index (χ0) is 16.9. The van der Waals surface area contributed by atoms with Crippen LogP contribution in [0.5, 0.6) is 0 Å². The summed E-state index contributed by atoms with van der Waals surface area (Å²) in [4.78, 5) is 12.2. The summed E-state index contributed by atoms with van der Waals surface area (Å²) in [5.74, 6) is -0.0298. The molecule has 3 heteroatoms. The lowest BCUT2D eigenvalue weighted by Gasteiger charge is -2.11. The third-order valence-electron chi connectivity index (χ3n) is 4.28. The van der Waals surface area contributed by atoms with E-state index >= 15 is 0 Å². The highest BCUT2D eigenvalue weighted by atomic mass is 16.1. The van der Waals surface area contributed by atoms with Crippen molar-refractivity contribution in [3.05, 3.63) is 77.4 Å². The van der Waals surface area contributed by atoms with Crippen molar-refractivity contribution in [2.75, 3.05) is 18.4 Å². The molecule has 24 heavy (non-hydrogen) atoms. The summed E-state index contributed by atoms with van der Waals surface area (Å²) in [7, 11) is 0. The first-order valence-electron chi connectivity index (χ1n) is 8.22. The Morgan fingerprint density at radius 1 is 0.875 bits per heavy atom. The summed E-state index contributed by atoms with van der Waals surface area (Å²) in [5.41, 5.74) is 4.14. The highest BCUT2D eigenvalue weighted by Gasteiger charge is 2.06. The number of carbonyl (C=O) groups excluding carboxylic acids is 1. The standard InChI is InChI=1S/C21H22N2O/c1-15-10-11-18(14-16(15)2)21(24)23-13-12-22-20-9-5-7-17-6-3-4-8-19(17)20/h3-11,14,22H,12-13H2,1-2H3,(H,23,24). The van der Waals surface area contributed by atoms with Gasteiger partial charge >= 0.3 is 0 Å². The zero-order valence-corrected chi connectivity index (χ0v) is 14.1. The van der Waals surface area contributed by atoms with Gasteiger partial charge in [-0.3, -0.25) is 4.79 Å². The van der Waals surface area contributed by atoms with Crippen LogP contribution >= 0.6 is 0 Å². The maximum absolute atomic E-state index is 12.2. The third kappa shape index (κ3) is 3.57. The number of benzene rings is 3. The molecule has 3 rings (SSSR count). The van der Waals surface area contributed by atoms with E-state index in [2.05, 4.69) is 34.9 Å². The van der Waals surface area contributed by atoms with E-state index in [1.165, 1.54) is 16.3 Å². The minimum Gasteiger partial charge on any atom is -0.383 e. The Hall–Kier alpha value is -2.81. The van der Waals surface area contributed by atoms with Gasteiger partial charge in [-0.25, -0.2) is 0 Å². The van der Waals surface area contributed by atoms with Gasteiger partial charge < -0.3 is 10.6 Å². The third-order valence-corrected chi connectivity index (χ3v) is 4.28. The summed E-state index contributed by atoms with van der Waals surface area (Å²) in [6.07, 6.45) is 0. The molecule has 0 fully saturated rings. The van der Waals surface area contributed by atoms with Crippen molar-refractivity contribution in [3.63, 3.8) is 0 Å². The molecule has 0 saturated heterocycles. The topological polar surface area (TPSA) is 41.1 Å². The van der Waals surface area contributed by atoms with Crippen LogP contribution in [0.25, 0.3) is 10.8 Å². The first-order valence-corrected chi connectivity index (χ1v) is 8.22. The summed E-state index contributed by atoms with van der Waals surface area (Å²) in [5, 5.41) is 8.77. The fourth-order valence-corrected chi connectivity index (χ4v) is 2.74. The molecule has 0 aliphatic heterocycles. The minimum atomic E-state index is -0.0298. The Bertz CT molecular complexity index is 865. The minimum absolute atomic E-state index is 0.0298. The van der Waals surface area contributed by atoms with E-state index in [1.54, 1.807) is 0 Å². The van der Waals surface area contributed by atoms with E-state index in [1.807, 2.05) is 50.2 Å². The van der Waals surface area contributed by atoms with Crippen LogP contribution in [0.3, 0.4) is 0 Å². The van der Waals surface area contributed by atoms with Crippen LogP contribution in [0.1, 0.15) is 21.5 Å². The molecule has 3 aromatic rings. The molecule has 122 valence electrons. The monoisotopic (exact) mass is 318 g/mol.